The molecule has 0 unspecified atom stereocenters. The van der Waals surface area contributed by atoms with E-state index in [4.69, 9.17) is 11.6 Å². The van der Waals surface area contributed by atoms with Crippen LogP contribution in [-0.2, 0) is 13.1 Å². The summed E-state index contributed by atoms with van der Waals surface area (Å²) >= 11 is 6.54. The second-order valence-electron chi connectivity index (χ2n) is 10.1. The number of carbonyl (C=O) groups is 1. The highest BCUT2D eigenvalue weighted by Crippen LogP contribution is 2.27. The van der Waals surface area contributed by atoms with E-state index in [-0.39, 0.29) is 19.7 Å². The van der Waals surface area contributed by atoms with Gasteiger partial charge in [0.25, 0.3) is 5.91 Å². The Morgan fingerprint density at radius 3 is 2.28 bits per heavy atom. The molecule has 208 valence electrons. The fraction of sp³-hybridized carbons (Fsp3) is 0.379. The molecule has 0 bridgehead atoms. The first kappa shape index (κ1) is 27.4. The van der Waals surface area contributed by atoms with E-state index in [1.54, 1.807) is 24.3 Å². The molecule has 3 aromatic rings. The third-order valence-corrected chi connectivity index (χ3v) is 7.81. The molecule has 1 aromatic heterocycles. The van der Waals surface area contributed by atoms with E-state index < -0.39 is 11.6 Å². The monoisotopic (exact) mass is 559 g/mol. The molecule has 2 saturated heterocycles. The first-order valence-electron chi connectivity index (χ1n) is 13.2. The molecular weight excluding hydrogens is 527 g/mol. The summed E-state index contributed by atoms with van der Waals surface area (Å²) in [5.41, 5.74) is 1.97. The molecule has 3 heterocycles. The van der Waals surface area contributed by atoms with Gasteiger partial charge in [-0.05, 0) is 67.4 Å². The maximum atomic E-state index is 13.5. The number of piperidine rings is 1. The summed E-state index contributed by atoms with van der Waals surface area (Å²) in [6.45, 7) is 6.11. The first-order chi connectivity index (χ1) is 18.9. The molecule has 2 aromatic carbocycles. The fourth-order valence-corrected chi connectivity index (χ4v) is 5.60. The summed E-state index contributed by atoms with van der Waals surface area (Å²) in [5, 5.41) is 3.24. The van der Waals surface area contributed by atoms with Crippen molar-refractivity contribution in [2.75, 3.05) is 44.2 Å². The highest BCUT2D eigenvalue weighted by molar-refractivity contribution is 6.33. The second kappa shape index (κ2) is 12.4. The molecule has 2 aliphatic heterocycles. The fourth-order valence-electron chi connectivity index (χ4n) is 5.31. The van der Waals surface area contributed by atoms with Crippen molar-refractivity contribution in [2.45, 2.75) is 32.0 Å². The number of benzene rings is 2. The summed E-state index contributed by atoms with van der Waals surface area (Å²) in [6.07, 6.45) is 3.60. The van der Waals surface area contributed by atoms with Crippen molar-refractivity contribution in [3.63, 3.8) is 0 Å². The van der Waals surface area contributed by atoms with Gasteiger partial charge in [-0.3, -0.25) is 14.6 Å². The number of carbonyl (C=O) groups excluding carboxylic acids is 1. The zero-order valence-electron chi connectivity index (χ0n) is 21.6. The summed E-state index contributed by atoms with van der Waals surface area (Å²) < 4.78 is 39.8. The van der Waals surface area contributed by atoms with Gasteiger partial charge in [-0.25, -0.2) is 18.2 Å². The Kier molecular flexibility index (Phi) is 8.69. The first-order valence-corrected chi connectivity index (χ1v) is 13.6. The Hall–Kier alpha value is -3.14. The molecule has 6 nitrogen and oxygen atoms in total. The van der Waals surface area contributed by atoms with Crippen molar-refractivity contribution in [1.82, 2.24) is 20.1 Å². The average molecular weight is 560 g/mol. The minimum absolute atomic E-state index is 0. The number of aromatic nitrogens is 1. The van der Waals surface area contributed by atoms with E-state index in [9.17, 15) is 18.0 Å². The summed E-state index contributed by atoms with van der Waals surface area (Å²) in [4.78, 5) is 24.0. The van der Waals surface area contributed by atoms with Crippen LogP contribution in [0.2, 0.25) is 5.02 Å². The van der Waals surface area contributed by atoms with E-state index in [0.29, 0.717) is 29.0 Å². The van der Waals surface area contributed by atoms with E-state index in [0.717, 1.165) is 63.2 Å². The molecule has 1 N–H and O–H groups in total. The smallest absolute Gasteiger partial charge is 0.253 e. The van der Waals surface area contributed by atoms with Crippen molar-refractivity contribution >= 4 is 23.3 Å². The quantitative estimate of drug-likeness (QED) is 0.436. The molecule has 39 heavy (non-hydrogen) atoms. The Labute approximate surface area is 232 Å². The third kappa shape index (κ3) is 6.90. The summed E-state index contributed by atoms with van der Waals surface area (Å²) in [6, 6.07) is 12.2. The van der Waals surface area contributed by atoms with Gasteiger partial charge in [-0.1, -0.05) is 29.8 Å². The zero-order chi connectivity index (χ0) is 27.4. The molecule has 2 fully saturated rings. The van der Waals surface area contributed by atoms with Crippen LogP contribution in [0, 0.1) is 17.5 Å². The molecule has 0 saturated carbocycles. The predicted molar refractivity (Wildman–Crippen MR) is 147 cm³/mol. The minimum Gasteiger partial charge on any atom is -0.353 e. The Morgan fingerprint density at radius 2 is 1.62 bits per heavy atom. The number of hydrogen-bond acceptors (Lipinski definition) is 5. The van der Waals surface area contributed by atoms with E-state index in [2.05, 4.69) is 25.0 Å². The van der Waals surface area contributed by atoms with Gasteiger partial charge in [0.2, 0.25) is 0 Å². The summed E-state index contributed by atoms with van der Waals surface area (Å²) in [7, 11) is 0. The Balaban J connectivity index is 0.00000370. The van der Waals surface area contributed by atoms with Crippen LogP contribution in [0.4, 0.5) is 19.0 Å². The SMILES string of the molecule is O=C(NCc1ccc(F)cc1)c1cnc(N2CCN(C3CCN(Cc4ccc(F)c(F)c4)CC3)CC2)c(Cl)c1.[HH]. The van der Waals surface area contributed by atoms with Gasteiger partial charge in [-0.2, -0.15) is 0 Å². The number of amides is 1. The molecule has 2 aliphatic rings. The van der Waals surface area contributed by atoms with Gasteiger partial charge in [0.05, 0.1) is 10.6 Å². The number of nitrogens with zero attached hydrogens (tertiary/aromatic N) is 4. The number of piperazine rings is 1. The molecule has 0 aliphatic carbocycles. The van der Waals surface area contributed by atoms with Crippen LogP contribution < -0.4 is 10.2 Å². The molecule has 1 amide bonds. The lowest BCUT2D eigenvalue weighted by atomic mass is 10.0. The van der Waals surface area contributed by atoms with Crippen LogP contribution in [0.5, 0.6) is 0 Å². The number of anilines is 1. The van der Waals surface area contributed by atoms with Crippen LogP contribution in [-0.4, -0.2) is 66.0 Å². The van der Waals surface area contributed by atoms with E-state index in [1.165, 1.54) is 30.5 Å². The van der Waals surface area contributed by atoms with Gasteiger partial charge in [0, 0.05) is 52.9 Å². The van der Waals surface area contributed by atoms with Gasteiger partial charge in [-0.15, -0.1) is 0 Å². The van der Waals surface area contributed by atoms with E-state index >= 15 is 0 Å². The normalized spacial score (nSPS) is 17.4. The van der Waals surface area contributed by atoms with Crippen molar-refractivity contribution < 1.29 is 19.4 Å². The van der Waals surface area contributed by atoms with E-state index in [1.807, 2.05) is 0 Å². The van der Waals surface area contributed by atoms with Crippen molar-refractivity contribution in [3.8, 4) is 0 Å². The molecular formula is C29H33ClF3N5O. The Bertz CT molecular complexity index is 1300. The van der Waals surface area contributed by atoms with Gasteiger partial charge in [0.1, 0.15) is 11.6 Å². The summed E-state index contributed by atoms with van der Waals surface area (Å²) in [5.74, 6) is -1.54. The molecule has 0 atom stereocenters. The topological polar surface area (TPSA) is 51.7 Å². The number of likely N-dealkylation sites (tertiary alicyclic amines) is 1. The average Bonchev–Trinajstić information content (AvgIpc) is 2.95. The zero-order valence-corrected chi connectivity index (χ0v) is 22.3. The largest absolute Gasteiger partial charge is 0.353 e. The molecule has 0 spiro atoms. The number of halogens is 4. The lowest BCUT2D eigenvalue weighted by Gasteiger charge is -2.43. The minimum atomic E-state index is -0.812. The number of nitrogens with one attached hydrogen (secondary N) is 1. The number of rotatable bonds is 7. The van der Waals surface area contributed by atoms with Crippen LogP contribution >= 0.6 is 11.6 Å². The lowest BCUT2D eigenvalue weighted by Crippen LogP contribution is -2.53. The number of pyridine rings is 1. The lowest BCUT2D eigenvalue weighted by molar-refractivity contribution is 0.0950. The molecule has 0 radical (unpaired) electrons. The highest BCUT2D eigenvalue weighted by Gasteiger charge is 2.28. The molecule has 10 heteroatoms. The van der Waals surface area contributed by atoms with Crippen LogP contribution in [0.3, 0.4) is 0 Å². The second-order valence-corrected chi connectivity index (χ2v) is 10.5. The van der Waals surface area contributed by atoms with Gasteiger partial charge in [0.15, 0.2) is 11.6 Å². The van der Waals surface area contributed by atoms with Crippen LogP contribution in [0.15, 0.2) is 54.7 Å². The van der Waals surface area contributed by atoms with Gasteiger partial charge >= 0.3 is 0 Å². The third-order valence-electron chi connectivity index (χ3n) is 7.53. The van der Waals surface area contributed by atoms with Gasteiger partial charge < -0.3 is 10.2 Å². The standard InChI is InChI=1S/C29H31ClF3N5O.H2/c30-25-16-22(29(39)35-17-20-1-4-23(31)5-2-20)18-34-28(25)38-13-11-37(12-14-38)24-7-9-36(10-8-24)19-21-3-6-26(32)27(33)15-21;/h1-6,15-16,18,24H,7-14,17,19H2,(H,35,39);1H. The Morgan fingerprint density at radius 1 is 0.923 bits per heavy atom. The maximum Gasteiger partial charge on any atom is 0.253 e. The van der Waals surface area contributed by atoms with Crippen molar-refractivity contribution in [3.05, 3.63) is 93.9 Å². The van der Waals surface area contributed by atoms with Crippen molar-refractivity contribution in [1.29, 1.82) is 0 Å². The predicted octanol–water partition coefficient (Wildman–Crippen LogP) is 5.11. The number of hydrogen-bond donors (Lipinski definition) is 1. The highest BCUT2D eigenvalue weighted by atomic mass is 35.5. The van der Waals surface area contributed by atoms with Crippen LogP contribution in [0.1, 0.15) is 35.8 Å². The van der Waals surface area contributed by atoms with Crippen LogP contribution in [0.25, 0.3) is 0 Å². The molecule has 5 rings (SSSR count). The maximum absolute atomic E-state index is 13.5. The van der Waals surface area contributed by atoms with Crippen molar-refractivity contribution in [2.24, 2.45) is 0 Å².